The highest BCUT2D eigenvalue weighted by atomic mass is 16.5. The predicted molar refractivity (Wildman–Crippen MR) is 131 cm³/mol. The smallest absolute Gasteiger partial charge is 0.107 e. The molecule has 0 unspecified atom stereocenters. The van der Waals surface area contributed by atoms with Crippen LogP contribution in [0.1, 0.15) is 47.5 Å². The molecule has 180 valence electrons. The van der Waals surface area contributed by atoms with Crippen molar-refractivity contribution in [3.63, 3.8) is 0 Å². The van der Waals surface area contributed by atoms with Crippen LogP contribution in [-0.2, 0) is 9.47 Å². The van der Waals surface area contributed by atoms with Gasteiger partial charge in [0.05, 0.1) is 6.61 Å². The second-order valence-electron chi connectivity index (χ2n) is 7.89. The summed E-state index contributed by atoms with van der Waals surface area (Å²) in [4.78, 5) is 7.17. The van der Waals surface area contributed by atoms with Crippen molar-refractivity contribution in [2.45, 2.75) is 47.5 Å². The summed E-state index contributed by atoms with van der Waals surface area (Å²) in [6.07, 6.45) is 2.07. The van der Waals surface area contributed by atoms with E-state index in [1.165, 1.54) is 26.2 Å². The molecule has 0 bridgehead atoms. The van der Waals surface area contributed by atoms with E-state index in [1.54, 1.807) is 0 Å². The second-order valence-corrected chi connectivity index (χ2v) is 7.89. The lowest BCUT2D eigenvalue weighted by Crippen LogP contribution is -2.45. The lowest BCUT2D eigenvalue weighted by atomic mass is 10.2. The topological polar surface area (TPSA) is 54.2 Å². The molecule has 6 heteroatoms. The Morgan fingerprint density at radius 1 is 1.00 bits per heavy atom. The van der Waals surface area contributed by atoms with Gasteiger partial charge < -0.3 is 25.0 Å². The maximum absolute atomic E-state index is 5.47. The van der Waals surface area contributed by atoms with E-state index in [0.29, 0.717) is 6.61 Å². The van der Waals surface area contributed by atoms with E-state index in [4.69, 9.17) is 15.2 Å². The van der Waals surface area contributed by atoms with Crippen LogP contribution in [0, 0.1) is 17.8 Å². The van der Waals surface area contributed by atoms with E-state index in [1.807, 2.05) is 20.8 Å². The minimum Gasteiger partial charge on any atom is -0.380 e. The molecule has 6 nitrogen and oxygen atoms in total. The molecule has 1 aliphatic rings. The van der Waals surface area contributed by atoms with Crippen molar-refractivity contribution < 1.29 is 9.47 Å². The number of nitrogens with zero attached hydrogens (tertiary/aromatic N) is 3. The van der Waals surface area contributed by atoms with Crippen molar-refractivity contribution >= 4 is 0 Å². The zero-order chi connectivity index (χ0) is 23.0. The Bertz CT molecular complexity index is 388. The third kappa shape index (κ3) is 23.6. The van der Waals surface area contributed by atoms with E-state index in [9.17, 15) is 0 Å². The van der Waals surface area contributed by atoms with Crippen molar-refractivity contribution in [3.8, 4) is 11.8 Å². The first-order valence-electron chi connectivity index (χ1n) is 11.8. The third-order valence-corrected chi connectivity index (χ3v) is 4.50. The number of nitrogens with two attached hydrogens (primary N) is 1. The van der Waals surface area contributed by atoms with Crippen LogP contribution in [0.15, 0.2) is 0 Å². The average Bonchev–Trinajstić information content (AvgIpc) is 2.73. The van der Waals surface area contributed by atoms with Gasteiger partial charge >= 0.3 is 0 Å². The molecular weight excluding hydrogens is 376 g/mol. The van der Waals surface area contributed by atoms with Crippen LogP contribution < -0.4 is 5.73 Å². The van der Waals surface area contributed by atoms with Crippen LogP contribution >= 0.6 is 0 Å². The molecule has 1 aliphatic heterocycles. The first-order valence-corrected chi connectivity index (χ1v) is 11.8. The normalized spacial score (nSPS) is 14.5. The first-order chi connectivity index (χ1) is 14.5. The summed E-state index contributed by atoms with van der Waals surface area (Å²) in [6.45, 7) is 22.2. The molecule has 0 aromatic heterocycles. The molecule has 0 aromatic rings. The molecular formula is C24H52N4O2. The Kier molecular flexibility index (Phi) is 25.8. The van der Waals surface area contributed by atoms with Gasteiger partial charge in [0, 0.05) is 59.0 Å². The summed E-state index contributed by atoms with van der Waals surface area (Å²) in [5.74, 6) is 6.43. The third-order valence-electron chi connectivity index (χ3n) is 4.50. The Labute approximate surface area is 188 Å². The Morgan fingerprint density at radius 3 is 2.20 bits per heavy atom. The van der Waals surface area contributed by atoms with Gasteiger partial charge in [-0.25, -0.2) is 0 Å². The molecule has 0 spiro atoms. The van der Waals surface area contributed by atoms with E-state index in [0.717, 1.165) is 64.8 Å². The summed E-state index contributed by atoms with van der Waals surface area (Å²) in [5, 5.41) is 0. The molecule has 1 rings (SSSR count). The van der Waals surface area contributed by atoms with Crippen molar-refractivity contribution in [3.05, 3.63) is 0 Å². The molecule has 1 fully saturated rings. The summed E-state index contributed by atoms with van der Waals surface area (Å²) in [6, 6.07) is 0. The van der Waals surface area contributed by atoms with Gasteiger partial charge in [-0.3, -0.25) is 4.90 Å². The van der Waals surface area contributed by atoms with Crippen molar-refractivity contribution in [2.75, 3.05) is 92.9 Å². The van der Waals surface area contributed by atoms with Gasteiger partial charge in [0.15, 0.2) is 0 Å². The van der Waals surface area contributed by atoms with Crippen LogP contribution in [0.5, 0.6) is 0 Å². The number of rotatable bonds is 13. The van der Waals surface area contributed by atoms with E-state index >= 15 is 0 Å². The van der Waals surface area contributed by atoms with E-state index in [-0.39, 0.29) is 0 Å². The lowest BCUT2D eigenvalue weighted by molar-refractivity contribution is 0.0815. The molecule has 0 aromatic carbocycles. The zero-order valence-corrected chi connectivity index (χ0v) is 21.2. The SMILES string of the molecule is CC.CC#CCOCCCN(C)CC(C)C.CN1CCN(CCOCCCN)CC1. The minimum absolute atomic E-state index is 0.574. The van der Waals surface area contributed by atoms with Crippen molar-refractivity contribution in [1.82, 2.24) is 14.7 Å². The summed E-state index contributed by atoms with van der Waals surface area (Å²) >= 11 is 0. The molecule has 0 amide bonds. The van der Waals surface area contributed by atoms with Crippen molar-refractivity contribution in [2.24, 2.45) is 11.7 Å². The number of hydrogen-bond donors (Lipinski definition) is 1. The van der Waals surface area contributed by atoms with Crippen LogP contribution in [0.3, 0.4) is 0 Å². The van der Waals surface area contributed by atoms with Crippen LogP contribution in [0.2, 0.25) is 0 Å². The maximum atomic E-state index is 5.47. The second kappa shape index (κ2) is 24.6. The number of piperazine rings is 1. The standard InChI is InChI=1S/C12H23NO.C10H23N3O.C2H6/c1-5-6-9-14-10-7-8-13(4)11-12(2)3;1-12-4-6-13(7-5-12)8-10-14-9-2-3-11;1-2/h12H,7-11H2,1-4H3;2-11H2,1H3;1-2H3. The minimum atomic E-state index is 0.574. The summed E-state index contributed by atoms with van der Waals surface area (Å²) in [7, 11) is 4.33. The van der Waals surface area contributed by atoms with Gasteiger partial charge in [-0.05, 0) is 46.3 Å². The zero-order valence-electron chi connectivity index (χ0n) is 21.2. The van der Waals surface area contributed by atoms with Gasteiger partial charge in [0.25, 0.3) is 0 Å². The van der Waals surface area contributed by atoms with E-state index in [2.05, 4.69) is 54.5 Å². The van der Waals surface area contributed by atoms with Gasteiger partial charge in [0.1, 0.15) is 6.61 Å². The average molecular weight is 429 g/mol. The highest BCUT2D eigenvalue weighted by Crippen LogP contribution is 1.98. The van der Waals surface area contributed by atoms with Crippen LogP contribution in [0.25, 0.3) is 0 Å². The highest BCUT2D eigenvalue weighted by molar-refractivity contribution is 4.94. The van der Waals surface area contributed by atoms with Crippen molar-refractivity contribution in [1.29, 1.82) is 0 Å². The Balaban J connectivity index is 0. The molecule has 0 saturated carbocycles. The maximum Gasteiger partial charge on any atom is 0.107 e. The molecule has 1 heterocycles. The fourth-order valence-corrected chi connectivity index (χ4v) is 2.90. The molecule has 0 aliphatic carbocycles. The fourth-order valence-electron chi connectivity index (χ4n) is 2.90. The quantitative estimate of drug-likeness (QED) is 0.359. The lowest BCUT2D eigenvalue weighted by Gasteiger charge is -2.32. The molecule has 30 heavy (non-hydrogen) atoms. The van der Waals surface area contributed by atoms with Gasteiger partial charge in [0.2, 0.25) is 0 Å². The number of likely N-dealkylation sites (N-methyl/N-ethyl adjacent to an activating group) is 1. The first kappa shape index (κ1) is 31.5. The largest absolute Gasteiger partial charge is 0.380 e. The molecule has 2 N–H and O–H groups in total. The molecule has 0 radical (unpaired) electrons. The molecule has 0 atom stereocenters. The van der Waals surface area contributed by atoms with Crippen LogP contribution in [-0.4, -0.2) is 108 Å². The summed E-state index contributed by atoms with van der Waals surface area (Å²) < 4.78 is 10.8. The number of hydrogen-bond acceptors (Lipinski definition) is 6. The number of ether oxygens (including phenoxy) is 2. The monoisotopic (exact) mass is 428 g/mol. The van der Waals surface area contributed by atoms with Crippen LogP contribution in [0.4, 0.5) is 0 Å². The Hall–Kier alpha value is -0.680. The predicted octanol–water partition coefficient (Wildman–Crippen LogP) is 2.63. The summed E-state index contributed by atoms with van der Waals surface area (Å²) in [5.41, 5.74) is 5.37. The van der Waals surface area contributed by atoms with Gasteiger partial charge in [-0.1, -0.05) is 33.6 Å². The fraction of sp³-hybridized carbons (Fsp3) is 0.917. The highest BCUT2D eigenvalue weighted by Gasteiger charge is 2.12. The van der Waals surface area contributed by atoms with Gasteiger partial charge in [-0.2, -0.15) is 0 Å². The van der Waals surface area contributed by atoms with E-state index < -0.39 is 0 Å². The van der Waals surface area contributed by atoms with Gasteiger partial charge in [-0.15, -0.1) is 5.92 Å². The molecule has 1 saturated heterocycles. The Morgan fingerprint density at radius 2 is 1.63 bits per heavy atom.